The van der Waals surface area contributed by atoms with Crippen LogP contribution in [0.3, 0.4) is 0 Å². The summed E-state index contributed by atoms with van der Waals surface area (Å²) in [7, 11) is 0. The third-order valence-electron chi connectivity index (χ3n) is 1.17. The Hall–Kier alpha value is -1.71. The monoisotopic (exact) mass is 166 g/mol. The molecule has 0 amide bonds. The molecule has 1 rings (SSSR count). The molecule has 0 aliphatic rings. The van der Waals surface area contributed by atoms with E-state index in [2.05, 4.69) is 10.5 Å². The standard InChI is InChI=1S/C8H7FN2O/c9-7-1-3-8(4-2-7)11-10-5-6-12/h1-6,11H/b10-5-. The van der Waals surface area contributed by atoms with Crippen molar-refractivity contribution in [1.82, 2.24) is 0 Å². The summed E-state index contributed by atoms with van der Waals surface area (Å²) < 4.78 is 12.4. The number of rotatable bonds is 3. The van der Waals surface area contributed by atoms with Crippen molar-refractivity contribution in [2.75, 3.05) is 5.43 Å². The largest absolute Gasteiger partial charge is 0.297 e. The van der Waals surface area contributed by atoms with Crippen molar-refractivity contribution in [2.45, 2.75) is 0 Å². The minimum atomic E-state index is -0.306. The number of carbonyl (C=O) groups is 1. The van der Waals surface area contributed by atoms with Crippen LogP contribution in [-0.4, -0.2) is 12.5 Å². The lowest BCUT2D eigenvalue weighted by Gasteiger charge is -1.96. The third-order valence-corrected chi connectivity index (χ3v) is 1.17. The first-order valence-electron chi connectivity index (χ1n) is 3.31. The molecule has 62 valence electrons. The summed E-state index contributed by atoms with van der Waals surface area (Å²) in [5.41, 5.74) is 3.18. The minimum absolute atomic E-state index is 0.306. The van der Waals surface area contributed by atoms with Gasteiger partial charge >= 0.3 is 0 Å². The fourth-order valence-corrected chi connectivity index (χ4v) is 0.667. The van der Waals surface area contributed by atoms with Crippen molar-refractivity contribution < 1.29 is 9.18 Å². The highest BCUT2D eigenvalue weighted by atomic mass is 19.1. The zero-order valence-corrected chi connectivity index (χ0v) is 6.20. The van der Waals surface area contributed by atoms with E-state index >= 15 is 0 Å². The van der Waals surface area contributed by atoms with E-state index in [9.17, 15) is 9.18 Å². The maximum absolute atomic E-state index is 12.4. The first-order chi connectivity index (χ1) is 5.83. The van der Waals surface area contributed by atoms with Gasteiger partial charge in [0.2, 0.25) is 0 Å². The van der Waals surface area contributed by atoms with Gasteiger partial charge in [0.15, 0.2) is 6.29 Å². The van der Waals surface area contributed by atoms with E-state index in [1.807, 2.05) is 0 Å². The molecule has 1 N–H and O–H groups in total. The van der Waals surface area contributed by atoms with Gasteiger partial charge in [-0.1, -0.05) is 0 Å². The Morgan fingerprint density at radius 2 is 2.00 bits per heavy atom. The minimum Gasteiger partial charge on any atom is -0.297 e. The molecule has 0 spiro atoms. The van der Waals surface area contributed by atoms with Gasteiger partial charge in [-0.25, -0.2) is 4.39 Å². The summed E-state index contributed by atoms with van der Waals surface area (Å²) in [5.74, 6) is -0.306. The van der Waals surface area contributed by atoms with E-state index in [0.29, 0.717) is 12.0 Å². The Labute approximate surface area is 68.9 Å². The molecule has 0 bridgehead atoms. The molecule has 4 heteroatoms. The van der Waals surface area contributed by atoms with Crippen molar-refractivity contribution in [3.63, 3.8) is 0 Å². The summed E-state index contributed by atoms with van der Waals surface area (Å²) in [6.07, 6.45) is 1.62. The van der Waals surface area contributed by atoms with Gasteiger partial charge in [0, 0.05) is 0 Å². The molecule has 0 atom stereocenters. The second-order valence-electron chi connectivity index (χ2n) is 2.03. The fraction of sp³-hybridized carbons (Fsp3) is 0. The first-order valence-corrected chi connectivity index (χ1v) is 3.31. The van der Waals surface area contributed by atoms with E-state index < -0.39 is 0 Å². The van der Waals surface area contributed by atoms with Crippen LogP contribution < -0.4 is 5.43 Å². The Morgan fingerprint density at radius 1 is 1.33 bits per heavy atom. The zero-order chi connectivity index (χ0) is 8.81. The van der Waals surface area contributed by atoms with Gasteiger partial charge in [0.25, 0.3) is 0 Å². The summed E-state index contributed by atoms with van der Waals surface area (Å²) in [6.45, 7) is 0. The molecular weight excluding hydrogens is 159 g/mol. The van der Waals surface area contributed by atoms with Crippen LogP contribution in [0.5, 0.6) is 0 Å². The SMILES string of the molecule is O=C/C=N\Nc1ccc(F)cc1. The molecule has 0 saturated heterocycles. The van der Waals surface area contributed by atoms with Crippen molar-refractivity contribution in [1.29, 1.82) is 0 Å². The van der Waals surface area contributed by atoms with Gasteiger partial charge in [0.05, 0.1) is 11.9 Å². The number of anilines is 1. The Balaban J connectivity index is 2.58. The van der Waals surface area contributed by atoms with Gasteiger partial charge in [-0.2, -0.15) is 5.10 Å². The maximum atomic E-state index is 12.4. The molecule has 1 aromatic carbocycles. The highest BCUT2D eigenvalue weighted by Crippen LogP contribution is 2.07. The van der Waals surface area contributed by atoms with Gasteiger partial charge in [-0.05, 0) is 24.3 Å². The first kappa shape index (κ1) is 8.39. The van der Waals surface area contributed by atoms with Crippen LogP contribution in [0.1, 0.15) is 0 Å². The van der Waals surface area contributed by atoms with Crippen LogP contribution in [0.4, 0.5) is 10.1 Å². The van der Waals surface area contributed by atoms with Gasteiger partial charge < -0.3 is 0 Å². The smallest absolute Gasteiger partial charge is 0.162 e. The van der Waals surface area contributed by atoms with Crippen LogP contribution in [0.15, 0.2) is 29.4 Å². The van der Waals surface area contributed by atoms with Gasteiger partial charge in [-0.3, -0.25) is 10.2 Å². The molecule has 12 heavy (non-hydrogen) atoms. The van der Waals surface area contributed by atoms with Crippen LogP contribution >= 0.6 is 0 Å². The van der Waals surface area contributed by atoms with Gasteiger partial charge in [-0.15, -0.1) is 0 Å². The number of hydrazone groups is 1. The fourth-order valence-electron chi connectivity index (χ4n) is 0.667. The quantitative estimate of drug-likeness (QED) is 0.419. The average Bonchev–Trinajstić information content (AvgIpc) is 2.09. The number of hydrogen-bond acceptors (Lipinski definition) is 3. The molecular formula is C8H7FN2O. The number of halogens is 1. The Kier molecular flexibility index (Phi) is 2.95. The number of aldehydes is 1. The van der Waals surface area contributed by atoms with E-state index in [0.717, 1.165) is 6.21 Å². The van der Waals surface area contributed by atoms with E-state index in [1.54, 1.807) is 0 Å². The highest BCUT2D eigenvalue weighted by Gasteiger charge is 1.89. The molecule has 0 heterocycles. The molecule has 0 aliphatic carbocycles. The summed E-state index contributed by atoms with van der Waals surface area (Å²) >= 11 is 0. The zero-order valence-electron chi connectivity index (χ0n) is 6.20. The molecule has 0 aromatic heterocycles. The van der Waals surface area contributed by atoms with E-state index in [1.165, 1.54) is 24.3 Å². The van der Waals surface area contributed by atoms with Crippen molar-refractivity contribution in [3.8, 4) is 0 Å². The normalized spacial score (nSPS) is 10.1. The van der Waals surface area contributed by atoms with Crippen LogP contribution in [0.2, 0.25) is 0 Å². The van der Waals surface area contributed by atoms with Crippen molar-refractivity contribution in [2.24, 2.45) is 5.10 Å². The van der Waals surface area contributed by atoms with E-state index in [-0.39, 0.29) is 5.82 Å². The van der Waals surface area contributed by atoms with Crippen LogP contribution in [-0.2, 0) is 4.79 Å². The predicted molar refractivity (Wildman–Crippen MR) is 44.6 cm³/mol. The van der Waals surface area contributed by atoms with Gasteiger partial charge in [0.1, 0.15) is 5.82 Å². The highest BCUT2D eigenvalue weighted by molar-refractivity contribution is 6.13. The number of benzene rings is 1. The molecule has 0 unspecified atom stereocenters. The predicted octanol–water partition coefficient (Wildman–Crippen LogP) is 1.42. The van der Waals surface area contributed by atoms with Crippen molar-refractivity contribution in [3.05, 3.63) is 30.1 Å². The summed E-state index contributed by atoms with van der Waals surface area (Å²) in [5, 5.41) is 3.52. The lowest BCUT2D eigenvalue weighted by Crippen LogP contribution is -1.89. The summed E-state index contributed by atoms with van der Waals surface area (Å²) in [4.78, 5) is 9.80. The summed E-state index contributed by atoms with van der Waals surface area (Å²) in [6, 6.07) is 5.66. The van der Waals surface area contributed by atoms with E-state index in [4.69, 9.17) is 0 Å². The topological polar surface area (TPSA) is 41.5 Å². The molecule has 0 radical (unpaired) electrons. The number of carbonyl (C=O) groups excluding carboxylic acids is 1. The molecule has 0 fully saturated rings. The average molecular weight is 166 g/mol. The van der Waals surface area contributed by atoms with Crippen LogP contribution in [0.25, 0.3) is 0 Å². The molecule has 1 aromatic rings. The third kappa shape index (κ3) is 2.49. The lowest BCUT2D eigenvalue weighted by molar-refractivity contribution is -0.102. The maximum Gasteiger partial charge on any atom is 0.162 e. The lowest BCUT2D eigenvalue weighted by atomic mass is 10.3. The van der Waals surface area contributed by atoms with Crippen molar-refractivity contribution >= 4 is 18.2 Å². The number of nitrogens with one attached hydrogen (secondary N) is 1. The molecule has 3 nitrogen and oxygen atoms in total. The number of nitrogens with zero attached hydrogens (tertiary/aromatic N) is 1. The second kappa shape index (κ2) is 4.23. The molecule has 0 aliphatic heterocycles. The molecule has 0 saturated carbocycles. The number of hydrogen-bond donors (Lipinski definition) is 1. The second-order valence-corrected chi connectivity index (χ2v) is 2.03. The Morgan fingerprint density at radius 3 is 2.58 bits per heavy atom. The van der Waals surface area contributed by atoms with Crippen LogP contribution in [0, 0.1) is 5.82 Å². The Bertz CT molecular complexity index is 282.